The summed E-state index contributed by atoms with van der Waals surface area (Å²) in [6.45, 7) is 4.45. The number of aliphatic hydroxyl groups excluding tert-OH is 1. The van der Waals surface area contributed by atoms with Crippen molar-refractivity contribution in [1.82, 2.24) is 9.88 Å². The minimum Gasteiger partial charge on any atom is -0.393 e. The van der Waals surface area contributed by atoms with Gasteiger partial charge in [0.1, 0.15) is 11.6 Å². The van der Waals surface area contributed by atoms with Gasteiger partial charge in [0, 0.05) is 25.7 Å². The molecule has 3 aliphatic rings. The Morgan fingerprint density at radius 1 is 1.26 bits per heavy atom. The van der Waals surface area contributed by atoms with Gasteiger partial charge in [-0.05, 0) is 48.8 Å². The van der Waals surface area contributed by atoms with Crippen LogP contribution in [0.1, 0.15) is 31.2 Å². The fraction of sp³-hybridized carbons (Fsp3) is 0.706. The van der Waals surface area contributed by atoms with Crippen LogP contribution in [-0.4, -0.2) is 53.4 Å². The predicted molar refractivity (Wildman–Crippen MR) is 89.1 cm³/mol. The monoisotopic (exact) mass is 318 g/mol. The van der Waals surface area contributed by atoms with Gasteiger partial charge in [0.25, 0.3) is 0 Å². The summed E-state index contributed by atoms with van der Waals surface area (Å²) in [6.07, 6.45) is 4.15. The molecule has 23 heavy (non-hydrogen) atoms. The van der Waals surface area contributed by atoms with Crippen LogP contribution < -0.4 is 11.1 Å². The van der Waals surface area contributed by atoms with Gasteiger partial charge in [-0.25, -0.2) is 4.98 Å². The summed E-state index contributed by atoms with van der Waals surface area (Å²) >= 11 is 0. The van der Waals surface area contributed by atoms with Crippen molar-refractivity contribution in [3.05, 3.63) is 17.7 Å². The molecule has 1 aromatic heterocycles. The summed E-state index contributed by atoms with van der Waals surface area (Å²) in [7, 11) is 0. The molecule has 0 unspecified atom stereocenters. The fourth-order valence-corrected chi connectivity index (χ4v) is 4.36. The van der Waals surface area contributed by atoms with Crippen LogP contribution in [0.5, 0.6) is 0 Å². The van der Waals surface area contributed by atoms with Crippen LogP contribution in [0.2, 0.25) is 0 Å². The van der Waals surface area contributed by atoms with Crippen LogP contribution >= 0.6 is 0 Å². The maximum atomic E-state index is 9.49. The zero-order valence-electron chi connectivity index (χ0n) is 13.5. The highest BCUT2D eigenvalue weighted by Gasteiger charge is 2.52. The number of nitrogen functional groups attached to an aromatic ring is 1. The zero-order valence-corrected chi connectivity index (χ0v) is 13.5. The molecule has 2 heterocycles. The number of nitrogens with one attached hydrogen (secondary N) is 1. The van der Waals surface area contributed by atoms with E-state index in [1.54, 1.807) is 0 Å². The number of hydrogen-bond donors (Lipinski definition) is 3. The van der Waals surface area contributed by atoms with Gasteiger partial charge in [-0.2, -0.15) is 0 Å². The normalized spacial score (nSPS) is 34.0. The first-order chi connectivity index (χ1) is 11.1. The number of aromatic nitrogens is 1. The number of hydrogen-bond acceptors (Lipinski definition) is 6. The summed E-state index contributed by atoms with van der Waals surface area (Å²) in [5.74, 6) is 1.46. The average molecular weight is 318 g/mol. The quantitative estimate of drug-likeness (QED) is 0.774. The number of pyridine rings is 1. The number of ether oxygens (including phenoxy) is 1. The van der Waals surface area contributed by atoms with Crippen LogP contribution in [0.15, 0.2) is 12.1 Å². The van der Waals surface area contributed by atoms with Gasteiger partial charge in [-0.15, -0.1) is 0 Å². The number of nitrogens with zero attached hydrogens (tertiary/aromatic N) is 2. The van der Waals surface area contributed by atoms with Gasteiger partial charge in [0.05, 0.1) is 19.3 Å². The third-order valence-electron chi connectivity index (χ3n) is 5.46. The van der Waals surface area contributed by atoms with Crippen LogP contribution in [0, 0.1) is 5.41 Å². The van der Waals surface area contributed by atoms with Crippen molar-refractivity contribution in [1.29, 1.82) is 0 Å². The molecule has 1 aromatic rings. The maximum Gasteiger partial charge on any atom is 0.128 e. The van der Waals surface area contributed by atoms with Gasteiger partial charge in [0.15, 0.2) is 0 Å². The van der Waals surface area contributed by atoms with Gasteiger partial charge in [-0.3, -0.25) is 4.90 Å². The van der Waals surface area contributed by atoms with E-state index in [-0.39, 0.29) is 6.10 Å². The summed E-state index contributed by atoms with van der Waals surface area (Å²) in [6, 6.07) is 4.55. The molecule has 0 bridgehead atoms. The van der Waals surface area contributed by atoms with E-state index in [1.807, 2.05) is 6.07 Å². The van der Waals surface area contributed by atoms with Crippen molar-refractivity contribution in [3.8, 4) is 0 Å². The Labute approximate surface area is 137 Å². The molecule has 4 rings (SSSR count). The Balaban J connectivity index is 1.35. The van der Waals surface area contributed by atoms with E-state index < -0.39 is 0 Å². The third-order valence-corrected chi connectivity index (χ3v) is 5.46. The summed E-state index contributed by atoms with van der Waals surface area (Å²) in [5, 5.41) is 13.0. The van der Waals surface area contributed by atoms with E-state index in [0.717, 1.165) is 64.3 Å². The largest absolute Gasteiger partial charge is 0.393 e. The Morgan fingerprint density at radius 2 is 2.00 bits per heavy atom. The number of anilines is 2. The molecule has 4 N–H and O–H groups in total. The van der Waals surface area contributed by atoms with Crippen LogP contribution in [0.25, 0.3) is 0 Å². The number of aliphatic hydroxyl groups is 1. The molecule has 3 fully saturated rings. The van der Waals surface area contributed by atoms with E-state index in [1.165, 1.54) is 5.56 Å². The second-order valence-electron chi connectivity index (χ2n) is 7.49. The standard InChI is InChI=1S/C17H26N4O2/c18-15-5-12(11-21-1-3-23-4-2-21)6-16(20-15)19-13-7-17(8-13)9-14(22)10-17/h5-6,13-14,22H,1-4,7-11H2,(H3,18,19,20). The van der Waals surface area contributed by atoms with Crippen molar-refractivity contribution in [2.24, 2.45) is 5.41 Å². The number of rotatable bonds is 4. The highest BCUT2D eigenvalue weighted by molar-refractivity contribution is 5.47. The van der Waals surface area contributed by atoms with E-state index >= 15 is 0 Å². The molecule has 0 aromatic carbocycles. The number of nitrogens with two attached hydrogens (primary N) is 1. The van der Waals surface area contributed by atoms with Crippen LogP contribution in [0.3, 0.4) is 0 Å². The molecular weight excluding hydrogens is 292 g/mol. The Morgan fingerprint density at radius 3 is 2.70 bits per heavy atom. The number of morpholine rings is 1. The molecule has 0 radical (unpaired) electrons. The Hall–Kier alpha value is -1.37. The molecule has 1 saturated heterocycles. The third kappa shape index (κ3) is 3.29. The first kappa shape index (κ1) is 15.2. The smallest absolute Gasteiger partial charge is 0.128 e. The molecule has 1 aliphatic heterocycles. The second kappa shape index (κ2) is 5.92. The van der Waals surface area contributed by atoms with Gasteiger partial charge in [-0.1, -0.05) is 0 Å². The van der Waals surface area contributed by atoms with E-state index in [9.17, 15) is 5.11 Å². The Kier molecular flexibility index (Phi) is 3.91. The molecule has 6 nitrogen and oxygen atoms in total. The Bertz CT molecular complexity index is 560. The predicted octanol–water partition coefficient (Wildman–Crippen LogP) is 1.21. The molecule has 1 spiro atoms. The SMILES string of the molecule is Nc1cc(CN2CCOCC2)cc(NC2CC3(CC(O)C3)C2)n1. The zero-order chi connectivity index (χ0) is 15.9. The minimum absolute atomic E-state index is 0.0680. The van der Waals surface area contributed by atoms with Crippen molar-refractivity contribution in [2.45, 2.75) is 44.4 Å². The molecule has 6 heteroatoms. The van der Waals surface area contributed by atoms with Gasteiger partial charge in [0.2, 0.25) is 0 Å². The maximum absolute atomic E-state index is 9.49. The summed E-state index contributed by atoms with van der Waals surface area (Å²) in [4.78, 5) is 6.81. The first-order valence-electron chi connectivity index (χ1n) is 8.61. The van der Waals surface area contributed by atoms with Crippen molar-refractivity contribution in [3.63, 3.8) is 0 Å². The van der Waals surface area contributed by atoms with Crippen molar-refractivity contribution < 1.29 is 9.84 Å². The molecule has 0 atom stereocenters. The molecule has 0 amide bonds. The molecule has 2 aliphatic carbocycles. The van der Waals surface area contributed by atoms with E-state index in [2.05, 4.69) is 21.3 Å². The molecule has 126 valence electrons. The fourth-order valence-electron chi connectivity index (χ4n) is 4.36. The topological polar surface area (TPSA) is 83.6 Å². The highest BCUT2D eigenvalue weighted by Crippen LogP contribution is 2.56. The van der Waals surface area contributed by atoms with Crippen molar-refractivity contribution >= 4 is 11.6 Å². The van der Waals surface area contributed by atoms with Crippen molar-refractivity contribution in [2.75, 3.05) is 37.4 Å². The lowest BCUT2D eigenvalue weighted by Gasteiger charge is -2.56. The van der Waals surface area contributed by atoms with Crippen LogP contribution in [-0.2, 0) is 11.3 Å². The van der Waals surface area contributed by atoms with Crippen LogP contribution in [0.4, 0.5) is 11.6 Å². The first-order valence-corrected chi connectivity index (χ1v) is 8.61. The lowest BCUT2D eigenvalue weighted by Crippen LogP contribution is -2.54. The van der Waals surface area contributed by atoms with Gasteiger partial charge < -0.3 is 20.9 Å². The highest BCUT2D eigenvalue weighted by atomic mass is 16.5. The van der Waals surface area contributed by atoms with Gasteiger partial charge >= 0.3 is 0 Å². The average Bonchev–Trinajstić information content (AvgIpc) is 2.44. The molecule has 2 saturated carbocycles. The summed E-state index contributed by atoms with van der Waals surface area (Å²) in [5.41, 5.74) is 7.60. The molecular formula is C17H26N4O2. The summed E-state index contributed by atoms with van der Waals surface area (Å²) < 4.78 is 5.39. The second-order valence-corrected chi connectivity index (χ2v) is 7.49. The lowest BCUT2D eigenvalue weighted by atomic mass is 9.53. The minimum atomic E-state index is -0.0680. The van der Waals surface area contributed by atoms with E-state index in [0.29, 0.717) is 17.3 Å². The lowest BCUT2D eigenvalue weighted by molar-refractivity contribution is -0.0868. The van der Waals surface area contributed by atoms with E-state index in [4.69, 9.17) is 10.5 Å².